The predicted octanol–water partition coefficient (Wildman–Crippen LogP) is 1.46. The first-order valence-electron chi connectivity index (χ1n) is 5.18. The highest BCUT2D eigenvalue weighted by Crippen LogP contribution is 2.25. The van der Waals surface area contributed by atoms with Gasteiger partial charge in [0.2, 0.25) is 5.16 Å². The van der Waals surface area contributed by atoms with Crippen LogP contribution < -0.4 is 0 Å². The molecule has 1 N–H and O–H groups in total. The summed E-state index contributed by atoms with van der Waals surface area (Å²) in [6.07, 6.45) is 0.920. The number of aromatic nitrogens is 4. The number of carboxylic acids is 1. The molecule has 7 heteroatoms. The second kappa shape index (κ2) is 5.83. The van der Waals surface area contributed by atoms with E-state index in [1.54, 1.807) is 4.68 Å². The number of carboxylic acid groups (broad SMARTS) is 1. The zero-order valence-corrected chi connectivity index (χ0v) is 10.4. The number of nitrogens with zero attached hydrogens (tertiary/aromatic N) is 4. The first-order chi connectivity index (χ1) is 7.56. The van der Waals surface area contributed by atoms with Crippen molar-refractivity contribution in [3.8, 4) is 0 Å². The topological polar surface area (TPSA) is 80.9 Å². The molecule has 0 aliphatic heterocycles. The van der Waals surface area contributed by atoms with Gasteiger partial charge in [-0.05, 0) is 22.8 Å². The number of carbonyl (C=O) groups is 1. The summed E-state index contributed by atoms with van der Waals surface area (Å²) in [7, 11) is 0. The van der Waals surface area contributed by atoms with Gasteiger partial charge in [0.25, 0.3) is 0 Å². The Hall–Kier alpha value is -1.11. The normalized spacial score (nSPS) is 13.0. The minimum atomic E-state index is -0.864. The summed E-state index contributed by atoms with van der Waals surface area (Å²) in [5, 5.41) is 20.6. The van der Waals surface area contributed by atoms with Gasteiger partial charge in [0, 0.05) is 0 Å². The van der Waals surface area contributed by atoms with Gasteiger partial charge in [-0.25, -0.2) is 4.68 Å². The Bertz CT molecular complexity index is 353. The van der Waals surface area contributed by atoms with Gasteiger partial charge in [0.15, 0.2) is 0 Å². The fourth-order valence-electron chi connectivity index (χ4n) is 1.54. The van der Waals surface area contributed by atoms with Crippen LogP contribution in [0.5, 0.6) is 0 Å². The third-order valence-electron chi connectivity index (χ3n) is 2.29. The van der Waals surface area contributed by atoms with Gasteiger partial charge < -0.3 is 5.11 Å². The molecule has 90 valence electrons. The Balaban J connectivity index is 2.79. The number of rotatable bonds is 6. The van der Waals surface area contributed by atoms with E-state index in [0.29, 0.717) is 11.1 Å². The van der Waals surface area contributed by atoms with Gasteiger partial charge in [-0.1, -0.05) is 32.5 Å². The molecule has 0 fully saturated rings. The van der Waals surface area contributed by atoms with Crippen molar-refractivity contribution in [1.82, 2.24) is 20.2 Å². The van der Waals surface area contributed by atoms with E-state index in [0.717, 1.165) is 18.2 Å². The molecule has 0 aromatic carbocycles. The van der Waals surface area contributed by atoms with Crippen molar-refractivity contribution in [2.45, 2.75) is 38.4 Å². The molecule has 0 spiro atoms. The van der Waals surface area contributed by atoms with E-state index in [-0.39, 0.29) is 11.8 Å². The fourth-order valence-corrected chi connectivity index (χ4v) is 2.19. The molecule has 0 bridgehead atoms. The second-order valence-corrected chi connectivity index (χ2v) is 4.75. The summed E-state index contributed by atoms with van der Waals surface area (Å²) in [5.41, 5.74) is 0. The molecule has 0 saturated carbocycles. The minimum Gasteiger partial charge on any atom is -0.481 e. The lowest BCUT2D eigenvalue weighted by molar-refractivity contribution is -0.133. The lowest BCUT2D eigenvalue weighted by Crippen LogP contribution is -2.17. The number of hydrogen-bond acceptors (Lipinski definition) is 5. The van der Waals surface area contributed by atoms with Gasteiger partial charge in [-0.2, -0.15) is 0 Å². The van der Waals surface area contributed by atoms with E-state index in [2.05, 4.69) is 36.3 Å². The summed E-state index contributed by atoms with van der Waals surface area (Å²) in [6.45, 7) is 6.26. The van der Waals surface area contributed by atoms with Crippen LogP contribution in [0, 0.1) is 5.92 Å². The monoisotopic (exact) mass is 244 g/mol. The molecule has 1 unspecified atom stereocenters. The van der Waals surface area contributed by atoms with Crippen LogP contribution in [0.3, 0.4) is 0 Å². The average Bonchev–Trinajstić information content (AvgIpc) is 2.63. The van der Waals surface area contributed by atoms with E-state index in [1.807, 2.05) is 0 Å². The van der Waals surface area contributed by atoms with Crippen molar-refractivity contribution in [2.24, 2.45) is 5.92 Å². The van der Waals surface area contributed by atoms with Gasteiger partial charge in [-0.15, -0.1) is 5.10 Å². The molecule has 1 aromatic heterocycles. The average molecular weight is 244 g/mol. The number of thioether (sulfide) groups is 1. The van der Waals surface area contributed by atoms with Crippen molar-refractivity contribution < 1.29 is 9.90 Å². The maximum Gasteiger partial charge on any atom is 0.313 e. The van der Waals surface area contributed by atoms with Crippen LogP contribution in [0.2, 0.25) is 0 Å². The van der Waals surface area contributed by atoms with Crippen LogP contribution in [0.4, 0.5) is 0 Å². The highest BCUT2D eigenvalue weighted by molar-refractivity contribution is 7.99. The van der Waals surface area contributed by atoms with Crippen LogP contribution in [-0.4, -0.2) is 37.0 Å². The van der Waals surface area contributed by atoms with Crippen LogP contribution in [0.1, 0.15) is 33.2 Å². The van der Waals surface area contributed by atoms with E-state index in [9.17, 15) is 4.79 Å². The molecule has 6 nitrogen and oxygen atoms in total. The molecule has 1 rings (SSSR count). The van der Waals surface area contributed by atoms with E-state index < -0.39 is 5.97 Å². The summed E-state index contributed by atoms with van der Waals surface area (Å²) < 4.78 is 1.72. The molecule has 0 radical (unpaired) electrons. The van der Waals surface area contributed by atoms with E-state index in [1.165, 1.54) is 0 Å². The van der Waals surface area contributed by atoms with E-state index in [4.69, 9.17) is 5.11 Å². The largest absolute Gasteiger partial charge is 0.481 e. The molecule has 0 amide bonds. The third-order valence-corrected chi connectivity index (χ3v) is 3.21. The second-order valence-electron chi connectivity index (χ2n) is 3.81. The van der Waals surface area contributed by atoms with Crippen molar-refractivity contribution in [3.63, 3.8) is 0 Å². The third kappa shape index (κ3) is 3.19. The Morgan fingerprint density at radius 3 is 2.75 bits per heavy atom. The molecule has 0 aliphatic carbocycles. The molecule has 1 aromatic rings. The molecule has 0 aliphatic rings. The Labute approximate surface area is 98.4 Å². The number of hydrogen-bond donors (Lipinski definition) is 1. The van der Waals surface area contributed by atoms with Crippen molar-refractivity contribution in [2.75, 3.05) is 5.75 Å². The van der Waals surface area contributed by atoms with Crippen LogP contribution >= 0.6 is 11.8 Å². The molecule has 0 saturated heterocycles. The maximum atomic E-state index is 10.5. The molecular weight excluding hydrogens is 228 g/mol. The fraction of sp³-hybridized carbons (Fsp3) is 0.778. The molecule has 1 heterocycles. The standard InChI is InChI=1S/C9H16N4O2S/c1-4-7(6(2)3)13-9(10-11-12-13)16-5-8(14)15/h6-7H,4-5H2,1-3H3,(H,14,15). The first kappa shape index (κ1) is 13.0. The van der Waals surface area contributed by atoms with Crippen LogP contribution in [0.15, 0.2) is 5.16 Å². The van der Waals surface area contributed by atoms with Crippen molar-refractivity contribution in [3.05, 3.63) is 0 Å². The highest BCUT2D eigenvalue weighted by atomic mass is 32.2. The quantitative estimate of drug-likeness (QED) is 0.763. The van der Waals surface area contributed by atoms with Gasteiger partial charge in [-0.3, -0.25) is 4.79 Å². The van der Waals surface area contributed by atoms with Crippen LogP contribution in [-0.2, 0) is 4.79 Å². The van der Waals surface area contributed by atoms with Gasteiger partial charge in [0.05, 0.1) is 11.8 Å². The first-order valence-corrected chi connectivity index (χ1v) is 6.17. The van der Waals surface area contributed by atoms with Gasteiger partial charge >= 0.3 is 5.97 Å². The van der Waals surface area contributed by atoms with E-state index >= 15 is 0 Å². The zero-order valence-electron chi connectivity index (χ0n) is 9.62. The Morgan fingerprint density at radius 1 is 1.56 bits per heavy atom. The van der Waals surface area contributed by atoms with Crippen LogP contribution in [0.25, 0.3) is 0 Å². The van der Waals surface area contributed by atoms with Crippen molar-refractivity contribution >= 4 is 17.7 Å². The summed E-state index contributed by atoms with van der Waals surface area (Å²) in [4.78, 5) is 10.5. The lowest BCUT2D eigenvalue weighted by Gasteiger charge is -2.19. The molecule has 1 atom stereocenters. The molecule has 16 heavy (non-hydrogen) atoms. The molecular formula is C9H16N4O2S. The highest BCUT2D eigenvalue weighted by Gasteiger charge is 2.19. The maximum absolute atomic E-state index is 10.5. The van der Waals surface area contributed by atoms with Crippen molar-refractivity contribution in [1.29, 1.82) is 0 Å². The minimum absolute atomic E-state index is 0.0189. The smallest absolute Gasteiger partial charge is 0.313 e. The number of aliphatic carboxylic acids is 1. The lowest BCUT2D eigenvalue weighted by atomic mass is 10.0. The SMILES string of the molecule is CCC(C(C)C)n1nnnc1SCC(=O)O. The Morgan fingerprint density at radius 2 is 2.25 bits per heavy atom. The predicted molar refractivity (Wildman–Crippen MR) is 60.3 cm³/mol. The summed E-state index contributed by atoms with van der Waals surface area (Å²) in [6, 6.07) is 0.214. The summed E-state index contributed by atoms with van der Waals surface area (Å²) >= 11 is 1.15. The summed E-state index contributed by atoms with van der Waals surface area (Å²) in [5.74, 6) is -0.468. The zero-order chi connectivity index (χ0) is 12.1. The number of tetrazole rings is 1. The Kier molecular flexibility index (Phi) is 4.72. The van der Waals surface area contributed by atoms with Gasteiger partial charge in [0.1, 0.15) is 0 Å².